The molecular formula is C66H85N11O6S. The number of pyridine rings is 1. The summed E-state index contributed by atoms with van der Waals surface area (Å²) in [6, 6.07) is 25.4. The minimum atomic E-state index is -0.837. The lowest BCUT2D eigenvalue weighted by atomic mass is 9.85. The number of aromatic nitrogens is 4. The van der Waals surface area contributed by atoms with E-state index in [1.54, 1.807) is 29.9 Å². The van der Waals surface area contributed by atoms with Crippen LogP contribution in [0.25, 0.3) is 21.7 Å². The maximum atomic E-state index is 14.0. The summed E-state index contributed by atoms with van der Waals surface area (Å²) < 4.78 is 0. The maximum absolute atomic E-state index is 14.0. The molecule has 6 aromatic rings. The Hall–Kier alpha value is -7.41. The Labute approximate surface area is 499 Å². The number of aliphatic hydroxyl groups excluding tert-OH is 1. The summed E-state index contributed by atoms with van der Waals surface area (Å²) in [5, 5.41) is 22.9. The fourth-order valence-corrected chi connectivity index (χ4v) is 11.7. The molecule has 18 heteroatoms. The second kappa shape index (κ2) is 30.9. The van der Waals surface area contributed by atoms with Crippen molar-refractivity contribution in [3.05, 3.63) is 137 Å². The fourth-order valence-electron chi connectivity index (χ4n) is 10.9. The SMILES string of the molecule is Cc1ccc(NC(=O)c2ccc(CN3CCN(C(=O)CCCCCCCCCCCCCCC(=O)N[C@H](C(=O)N4CC(O)CC4C(=O)NCc4ccc(-c5scnc5C)cc4)C(C)(C)C)CC3)cc2)cc1Nc1nccc(-c2cccnc2)n1. The zero-order valence-electron chi connectivity index (χ0n) is 49.7. The molecule has 0 bridgehead atoms. The number of aliphatic hydroxyl groups is 1. The van der Waals surface area contributed by atoms with Gasteiger partial charge < -0.3 is 36.2 Å². The number of nitrogens with zero attached hydrogens (tertiary/aromatic N) is 7. The standard InChI is InChI=1S/C66H85N11O6S/c1-46-22-31-53(39-56(46)73-65-68-34-32-55(72-65)52-19-18-33-67-42-52)71-62(81)51-29-25-49(26-30-51)43-75-35-37-76(38-36-75)59(80)21-17-15-13-11-9-7-6-8-10-12-14-16-20-58(79)74-61(66(3,4)5)64(83)77-44-54(78)40-57(77)63(82)69-41-48-23-27-50(28-24-48)60-47(2)70-45-84-60/h18-19,22-34,39,42,45,54,57,61,78H,6-17,20-21,35-38,40-41,43-44H2,1-5H3,(H,69,82)(H,71,81)(H,74,79)(H,68,72,73)/t54?,57?,61-/m1/s1. The van der Waals surface area contributed by atoms with Crippen LogP contribution in [0.1, 0.15) is 150 Å². The van der Waals surface area contributed by atoms with E-state index in [2.05, 4.69) is 46.1 Å². The molecule has 0 saturated carbocycles. The van der Waals surface area contributed by atoms with Gasteiger partial charge in [0.25, 0.3) is 5.91 Å². The largest absolute Gasteiger partial charge is 0.391 e. The molecular weight excluding hydrogens is 1070 g/mol. The van der Waals surface area contributed by atoms with Gasteiger partial charge in [-0.15, -0.1) is 11.3 Å². The summed E-state index contributed by atoms with van der Waals surface area (Å²) in [4.78, 5) is 91.6. The number of carbonyl (C=O) groups excluding carboxylic acids is 5. The van der Waals surface area contributed by atoms with E-state index in [-0.39, 0.29) is 49.0 Å². The van der Waals surface area contributed by atoms with Crippen LogP contribution < -0.4 is 21.3 Å². The van der Waals surface area contributed by atoms with Gasteiger partial charge >= 0.3 is 0 Å². The molecule has 2 unspecified atom stereocenters. The molecule has 2 aliphatic rings. The lowest BCUT2D eigenvalue weighted by Gasteiger charge is -2.35. The Balaban J connectivity index is 0.627. The van der Waals surface area contributed by atoms with E-state index in [0.29, 0.717) is 30.0 Å². The van der Waals surface area contributed by atoms with Gasteiger partial charge in [-0.3, -0.25) is 33.9 Å². The zero-order valence-corrected chi connectivity index (χ0v) is 50.5. The number of unbranched alkanes of at least 4 members (excludes halogenated alkanes) is 11. The second-order valence-corrected chi connectivity index (χ2v) is 24.5. The van der Waals surface area contributed by atoms with Crippen LogP contribution in [0.3, 0.4) is 0 Å². The van der Waals surface area contributed by atoms with E-state index in [9.17, 15) is 29.1 Å². The van der Waals surface area contributed by atoms with Crippen molar-refractivity contribution in [3.63, 3.8) is 0 Å². The molecule has 3 atom stereocenters. The van der Waals surface area contributed by atoms with E-state index < -0.39 is 23.6 Å². The van der Waals surface area contributed by atoms with Gasteiger partial charge in [-0.1, -0.05) is 127 Å². The molecule has 5 N–H and O–H groups in total. The molecule has 2 fully saturated rings. The van der Waals surface area contributed by atoms with E-state index in [0.717, 1.165) is 127 Å². The number of nitrogens with one attached hydrogen (secondary N) is 4. The number of piperazine rings is 1. The highest BCUT2D eigenvalue weighted by Crippen LogP contribution is 2.30. The molecule has 2 aliphatic heterocycles. The van der Waals surface area contributed by atoms with Crippen LogP contribution in [0.15, 0.2) is 109 Å². The van der Waals surface area contributed by atoms with Crippen molar-refractivity contribution < 1.29 is 29.1 Å². The van der Waals surface area contributed by atoms with Crippen molar-refractivity contribution in [1.82, 2.24) is 45.3 Å². The lowest BCUT2D eigenvalue weighted by Crippen LogP contribution is -2.57. The quantitative estimate of drug-likeness (QED) is 0.0290. The molecule has 0 radical (unpaired) electrons. The Morgan fingerprint density at radius 3 is 2.05 bits per heavy atom. The number of carbonyl (C=O) groups is 5. The number of amides is 5. The summed E-state index contributed by atoms with van der Waals surface area (Å²) in [7, 11) is 0. The fraction of sp³-hybridized carbons (Fsp3) is 0.470. The van der Waals surface area contributed by atoms with Gasteiger partial charge in [0.05, 0.1) is 27.9 Å². The molecule has 84 heavy (non-hydrogen) atoms. The van der Waals surface area contributed by atoms with Crippen LogP contribution in [-0.2, 0) is 32.3 Å². The van der Waals surface area contributed by atoms with Gasteiger partial charge in [-0.05, 0) is 96.8 Å². The minimum absolute atomic E-state index is 0.0408. The van der Waals surface area contributed by atoms with Gasteiger partial charge in [0.1, 0.15) is 12.1 Å². The number of thiazole rings is 1. The molecule has 5 heterocycles. The summed E-state index contributed by atoms with van der Waals surface area (Å²) in [5.74, 6) is -0.344. The first-order valence-electron chi connectivity index (χ1n) is 30.1. The third kappa shape index (κ3) is 18.5. The van der Waals surface area contributed by atoms with Gasteiger partial charge in [-0.25, -0.2) is 15.0 Å². The highest BCUT2D eigenvalue weighted by molar-refractivity contribution is 7.13. The van der Waals surface area contributed by atoms with Crippen LogP contribution in [0.2, 0.25) is 0 Å². The van der Waals surface area contributed by atoms with Crippen LogP contribution >= 0.6 is 11.3 Å². The smallest absolute Gasteiger partial charge is 0.255 e. The Morgan fingerprint density at radius 2 is 1.40 bits per heavy atom. The van der Waals surface area contributed by atoms with Gasteiger partial charge in [0.15, 0.2) is 0 Å². The first-order valence-corrected chi connectivity index (χ1v) is 31.0. The zero-order chi connectivity index (χ0) is 59.4. The summed E-state index contributed by atoms with van der Waals surface area (Å²) in [6.45, 7) is 13.9. The van der Waals surface area contributed by atoms with Crippen molar-refractivity contribution in [1.29, 1.82) is 0 Å². The molecule has 3 aromatic carbocycles. The van der Waals surface area contributed by atoms with Gasteiger partial charge in [0, 0.05) is 106 Å². The van der Waals surface area contributed by atoms with Crippen molar-refractivity contribution >= 4 is 58.2 Å². The van der Waals surface area contributed by atoms with E-state index in [1.807, 2.05) is 130 Å². The van der Waals surface area contributed by atoms with Gasteiger partial charge in [-0.2, -0.15) is 0 Å². The Bertz CT molecular complexity index is 3100. The number of likely N-dealkylation sites (tertiary alicyclic amines) is 1. The second-order valence-electron chi connectivity index (χ2n) is 23.7. The van der Waals surface area contributed by atoms with Crippen LogP contribution in [-0.4, -0.2) is 120 Å². The molecule has 0 spiro atoms. The predicted molar refractivity (Wildman–Crippen MR) is 332 cm³/mol. The maximum Gasteiger partial charge on any atom is 0.255 e. The monoisotopic (exact) mass is 1160 g/mol. The number of hydrogen-bond acceptors (Lipinski definition) is 13. The lowest BCUT2D eigenvalue weighted by molar-refractivity contribution is -0.144. The first kappa shape index (κ1) is 62.6. The number of hydrogen-bond donors (Lipinski definition) is 5. The van der Waals surface area contributed by atoms with Crippen LogP contribution in [0.4, 0.5) is 17.3 Å². The van der Waals surface area contributed by atoms with E-state index in [4.69, 9.17) is 0 Å². The summed E-state index contributed by atoms with van der Waals surface area (Å²) in [6.07, 6.45) is 18.5. The van der Waals surface area contributed by atoms with Crippen molar-refractivity contribution in [2.75, 3.05) is 43.4 Å². The van der Waals surface area contributed by atoms with Gasteiger partial charge in [0.2, 0.25) is 29.6 Å². The number of β-amino-alcohol motifs (C(OH)–C–C–N with tert-alkyl or cyclic N) is 1. The third-order valence-corrected chi connectivity index (χ3v) is 16.9. The minimum Gasteiger partial charge on any atom is -0.391 e. The average Bonchev–Trinajstić information content (AvgIpc) is 3.96. The molecule has 2 saturated heterocycles. The normalized spacial score (nSPS) is 15.8. The number of benzene rings is 3. The van der Waals surface area contributed by atoms with Crippen molar-refractivity contribution in [2.45, 2.75) is 162 Å². The van der Waals surface area contributed by atoms with Crippen LogP contribution in [0.5, 0.6) is 0 Å². The molecule has 17 nitrogen and oxygen atoms in total. The Morgan fingerprint density at radius 1 is 0.738 bits per heavy atom. The summed E-state index contributed by atoms with van der Waals surface area (Å²) >= 11 is 1.59. The summed E-state index contributed by atoms with van der Waals surface area (Å²) in [5.41, 5.74) is 9.96. The van der Waals surface area contributed by atoms with Crippen molar-refractivity contribution in [3.8, 4) is 21.7 Å². The number of aryl methyl sites for hydroxylation is 2. The number of rotatable bonds is 28. The topological polar surface area (TPSA) is 215 Å². The number of anilines is 3. The molecule has 3 aromatic heterocycles. The Kier molecular flexibility index (Phi) is 23.1. The molecule has 5 amide bonds. The van der Waals surface area contributed by atoms with E-state index >= 15 is 0 Å². The van der Waals surface area contributed by atoms with Crippen molar-refractivity contribution in [2.24, 2.45) is 5.41 Å². The molecule has 8 rings (SSSR count). The highest BCUT2D eigenvalue weighted by atomic mass is 32.1. The third-order valence-electron chi connectivity index (χ3n) is 16.0. The van der Waals surface area contributed by atoms with E-state index in [1.165, 1.54) is 37.0 Å². The average molecular weight is 1160 g/mol. The first-order chi connectivity index (χ1) is 40.6. The molecule has 446 valence electrons. The highest BCUT2D eigenvalue weighted by Gasteiger charge is 2.44. The molecule has 0 aliphatic carbocycles. The predicted octanol–water partition coefficient (Wildman–Crippen LogP) is 11.2. The van der Waals surface area contributed by atoms with Crippen LogP contribution in [0, 0.1) is 19.3 Å².